The first-order valence-corrected chi connectivity index (χ1v) is 8.55. The number of ether oxygens (including phenoxy) is 1. The highest BCUT2D eigenvalue weighted by Crippen LogP contribution is 2.32. The summed E-state index contributed by atoms with van der Waals surface area (Å²) in [6.07, 6.45) is 3.41. The number of fused-ring (bicyclic) bond motifs is 1. The molecular weight excluding hydrogens is 300 g/mol. The van der Waals surface area contributed by atoms with E-state index in [1.54, 1.807) is 0 Å². The van der Waals surface area contributed by atoms with E-state index in [0.717, 1.165) is 30.0 Å². The minimum atomic E-state index is -0.659. The molecule has 1 unspecified atom stereocenters. The summed E-state index contributed by atoms with van der Waals surface area (Å²) in [4.78, 5) is 12.4. The zero-order chi connectivity index (χ0) is 17.0. The number of nitrogens with one attached hydrogen (secondary N) is 2. The van der Waals surface area contributed by atoms with Gasteiger partial charge in [-0.15, -0.1) is 0 Å². The Hall–Kier alpha value is -2.49. The van der Waals surface area contributed by atoms with Crippen LogP contribution in [0.2, 0.25) is 0 Å². The van der Waals surface area contributed by atoms with Crippen molar-refractivity contribution in [1.82, 2.24) is 5.32 Å². The standard InChI is InChI=1S/C20H24N2O2/c1-3-4-7-13-24-16-10-8-9-15(14-16)20(2)21-18-12-6-5-11-17(18)19(23)22-20/h5-6,8-12,14,21H,3-4,7,13H2,1-2H3,(H,22,23). The number of hydrogen-bond donors (Lipinski definition) is 2. The Morgan fingerprint density at radius 3 is 2.71 bits per heavy atom. The Morgan fingerprint density at radius 2 is 1.88 bits per heavy atom. The summed E-state index contributed by atoms with van der Waals surface area (Å²) in [7, 11) is 0. The number of rotatable bonds is 6. The molecule has 1 heterocycles. The third-order valence-electron chi connectivity index (χ3n) is 4.35. The molecule has 2 aromatic carbocycles. The Labute approximate surface area is 143 Å². The zero-order valence-corrected chi connectivity index (χ0v) is 14.3. The van der Waals surface area contributed by atoms with Gasteiger partial charge in [-0.3, -0.25) is 4.79 Å². The lowest BCUT2D eigenvalue weighted by molar-refractivity contribution is 0.0906. The van der Waals surface area contributed by atoms with Gasteiger partial charge >= 0.3 is 0 Å². The Balaban J connectivity index is 1.80. The summed E-state index contributed by atoms with van der Waals surface area (Å²) < 4.78 is 5.84. The van der Waals surface area contributed by atoms with Gasteiger partial charge in [-0.05, 0) is 37.6 Å². The molecule has 2 N–H and O–H groups in total. The van der Waals surface area contributed by atoms with E-state index in [1.807, 2.05) is 55.5 Å². The molecule has 2 aromatic rings. The normalized spacial score (nSPS) is 19.2. The summed E-state index contributed by atoms with van der Waals surface area (Å²) in [5.41, 5.74) is 1.83. The second kappa shape index (κ2) is 6.95. The van der Waals surface area contributed by atoms with Crippen molar-refractivity contribution in [2.45, 2.75) is 38.8 Å². The average molecular weight is 324 g/mol. The van der Waals surface area contributed by atoms with Crippen molar-refractivity contribution in [2.75, 3.05) is 11.9 Å². The van der Waals surface area contributed by atoms with E-state index >= 15 is 0 Å². The molecule has 0 saturated carbocycles. The molecule has 126 valence electrons. The fourth-order valence-electron chi connectivity index (χ4n) is 2.97. The van der Waals surface area contributed by atoms with Crippen LogP contribution in [0.3, 0.4) is 0 Å². The van der Waals surface area contributed by atoms with Gasteiger partial charge in [-0.2, -0.15) is 0 Å². The highest BCUT2D eigenvalue weighted by molar-refractivity contribution is 6.02. The van der Waals surface area contributed by atoms with Crippen LogP contribution >= 0.6 is 0 Å². The fourth-order valence-corrected chi connectivity index (χ4v) is 2.97. The molecule has 0 bridgehead atoms. The van der Waals surface area contributed by atoms with Crippen molar-refractivity contribution in [3.63, 3.8) is 0 Å². The molecule has 1 aliphatic heterocycles. The number of amides is 1. The van der Waals surface area contributed by atoms with E-state index in [2.05, 4.69) is 17.6 Å². The molecule has 0 spiro atoms. The van der Waals surface area contributed by atoms with E-state index in [4.69, 9.17) is 4.74 Å². The van der Waals surface area contributed by atoms with Crippen LogP contribution in [0.4, 0.5) is 5.69 Å². The van der Waals surface area contributed by atoms with Gasteiger partial charge in [0.15, 0.2) is 0 Å². The topological polar surface area (TPSA) is 50.4 Å². The monoisotopic (exact) mass is 324 g/mol. The van der Waals surface area contributed by atoms with Crippen molar-refractivity contribution in [1.29, 1.82) is 0 Å². The molecule has 0 fully saturated rings. The average Bonchev–Trinajstić information content (AvgIpc) is 2.59. The molecular formula is C20H24N2O2. The highest BCUT2D eigenvalue weighted by Gasteiger charge is 2.34. The smallest absolute Gasteiger partial charge is 0.255 e. The van der Waals surface area contributed by atoms with Gasteiger partial charge in [-0.1, -0.05) is 44.0 Å². The third kappa shape index (κ3) is 3.37. The molecule has 1 atom stereocenters. The number of benzene rings is 2. The minimum absolute atomic E-state index is 0.0684. The number of para-hydroxylation sites is 1. The number of carbonyl (C=O) groups is 1. The molecule has 4 heteroatoms. The van der Waals surface area contributed by atoms with Crippen LogP contribution in [-0.4, -0.2) is 12.5 Å². The highest BCUT2D eigenvalue weighted by atomic mass is 16.5. The number of hydrogen-bond acceptors (Lipinski definition) is 3. The molecule has 0 aliphatic carbocycles. The summed E-state index contributed by atoms with van der Waals surface area (Å²) in [6, 6.07) is 15.5. The number of anilines is 1. The maximum atomic E-state index is 12.4. The van der Waals surface area contributed by atoms with E-state index in [0.29, 0.717) is 5.56 Å². The van der Waals surface area contributed by atoms with Crippen LogP contribution in [0.25, 0.3) is 0 Å². The summed E-state index contributed by atoms with van der Waals surface area (Å²) in [6.45, 7) is 4.87. The van der Waals surface area contributed by atoms with Crippen LogP contribution in [-0.2, 0) is 5.66 Å². The first-order valence-electron chi connectivity index (χ1n) is 8.55. The largest absolute Gasteiger partial charge is 0.494 e. The Bertz CT molecular complexity index is 729. The molecule has 3 rings (SSSR count). The van der Waals surface area contributed by atoms with E-state index in [9.17, 15) is 4.79 Å². The molecule has 0 aromatic heterocycles. The lowest BCUT2D eigenvalue weighted by Crippen LogP contribution is -2.52. The predicted molar refractivity (Wildman–Crippen MR) is 96.3 cm³/mol. The van der Waals surface area contributed by atoms with E-state index < -0.39 is 5.66 Å². The molecule has 0 radical (unpaired) electrons. The quantitative estimate of drug-likeness (QED) is 0.780. The second-order valence-corrected chi connectivity index (χ2v) is 6.33. The maximum absolute atomic E-state index is 12.4. The van der Waals surface area contributed by atoms with E-state index in [-0.39, 0.29) is 5.91 Å². The van der Waals surface area contributed by atoms with Crippen LogP contribution in [0.1, 0.15) is 49.0 Å². The molecule has 0 saturated heterocycles. The molecule has 1 amide bonds. The Morgan fingerprint density at radius 1 is 1.04 bits per heavy atom. The summed E-state index contributed by atoms with van der Waals surface area (Å²) >= 11 is 0. The van der Waals surface area contributed by atoms with Gasteiger partial charge in [-0.25, -0.2) is 0 Å². The van der Waals surface area contributed by atoms with Crippen molar-refractivity contribution < 1.29 is 9.53 Å². The first-order chi connectivity index (χ1) is 11.6. The third-order valence-corrected chi connectivity index (χ3v) is 4.35. The minimum Gasteiger partial charge on any atom is -0.494 e. The van der Waals surface area contributed by atoms with Crippen LogP contribution in [0, 0.1) is 0 Å². The molecule has 4 nitrogen and oxygen atoms in total. The molecule has 24 heavy (non-hydrogen) atoms. The SMILES string of the molecule is CCCCCOc1cccc(C2(C)NC(=O)c3ccccc3N2)c1. The lowest BCUT2D eigenvalue weighted by atomic mass is 9.96. The fraction of sp³-hybridized carbons (Fsp3) is 0.350. The van der Waals surface area contributed by atoms with Gasteiger partial charge in [0.2, 0.25) is 0 Å². The number of carbonyl (C=O) groups excluding carboxylic acids is 1. The molecule has 1 aliphatic rings. The van der Waals surface area contributed by atoms with Crippen LogP contribution in [0.5, 0.6) is 5.75 Å². The van der Waals surface area contributed by atoms with Crippen molar-refractivity contribution >= 4 is 11.6 Å². The van der Waals surface area contributed by atoms with Gasteiger partial charge < -0.3 is 15.4 Å². The maximum Gasteiger partial charge on any atom is 0.255 e. The zero-order valence-electron chi connectivity index (χ0n) is 14.3. The second-order valence-electron chi connectivity index (χ2n) is 6.33. The van der Waals surface area contributed by atoms with Gasteiger partial charge in [0.25, 0.3) is 5.91 Å². The van der Waals surface area contributed by atoms with E-state index in [1.165, 1.54) is 12.8 Å². The van der Waals surface area contributed by atoms with Crippen LogP contribution in [0.15, 0.2) is 48.5 Å². The lowest BCUT2D eigenvalue weighted by Gasteiger charge is -2.38. The van der Waals surface area contributed by atoms with Gasteiger partial charge in [0.05, 0.1) is 12.2 Å². The summed E-state index contributed by atoms with van der Waals surface area (Å²) in [5.74, 6) is 0.765. The van der Waals surface area contributed by atoms with Crippen molar-refractivity contribution in [3.05, 3.63) is 59.7 Å². The number of unbranched alkanes of at least 4 members (excludes halogenated alkanes) is 2. The van der Waals surface area contributed by atoms with Gasteiger partial charge in [0.1, 0.15) is 11.4 Å². The van der Waals surface area contributed by atoms with Crippen LogP contribution < -0.4 is 15.4 Å². The Kier molecular flexibility index (Phi) is 4.74. The van der Waals surface area contributed by atoms with Crippen molar-refractivity contribution in [2.24, 2.45) is 0 Å². The first kappa shape index (κ1) is 16.4. The van der Waals surface area contributed by atoms with Gasteiger partial charge in [0, 0.05) is 11.3 Å². The predicted octanol–water partition coefficient (Wildman–Crippen LogP) is 4.28. The van der Waals surface area contributed by atoms with Crippen molar-refractivity contribution in [3.8, 4) is 5.75 Å². The summed E-state index contributed by atoms with van der Waals surface area (Å²) in [5, 5.41) is 6.50.